The number of hydrogen-bond donors (Lipinski definition) is 0. The molecule has 0 aliphatic carbocycles. The van der Waals surface area contributed by atoms with E-state index >= 15 is 0 Å². The average molecular weight is 416 g/mol. The third kappa shape index (κ3) is 6.13. The summed E-state index contributed by atoms with van der Waals surface area (Å²) in [5, 5.41) is 10.8. The summed E-state index contributed by atoms with van der Waals surface area (Å²) in [7, 11) is 0. The largest absolute Gasteiger partial charge is 0.461 e. The first-order valence-corrected chi connectivity index (χ1v) is 8.96. The summed E-state index contributed by atoms with van der Waals surface area (Å²) < 4.78 is 12.7. The molecular formula is C17H19Cl2N3O5. The van der Waals surface area contributed by atoms with E-state index in [1.165, 1.54) is 29.4 Å². The summed E-state index contributed by atoms with van der Waals surface area (Å²) in [6.07, 6.45) is 5.39. The molecule has 1 aromatic heterocycles. The van der Waals surface area contributed by atoms with Gasteiger partial charge in [-0.25, -0.2) is 4.98 Å². The first-order valence-electron chi connectivity index (χ1n) is 8.21. The van der Waals surface area contributed by atoms with Crippen molar-refractivity contribution in [3.05, 3.63) is 62.6 Å². The molecule has 0 bridgehead atoms. The molecule has 1 aromatic carbocycles. The zero-order chi connectivity index (χ0) is 19.8. The second kappa shape index (κ2) is 10.1. The fourth-order valence-corrected chi connectivity index (χ4v) is 2.65. The zero-order valence-corrected chi connectivity index (χ0v) is 16.3. The summed E-state index contributed by atoms with van der Waals surface area (Å²) in [4.78, 5) is 19.7. The van der Waals surface area contributed by atoms with Gasteiger partial charge in [-0.2, -0.15) is 0 Å². The fraction of sp³-hybridized carbons (Fsp3) is 0.353. The predicted molar refractivity (Wildman–Crippen MR) is 101 cm³/mol. The van der Waals surface area contributed by atoms with Crippen LogP contribution in [0.1, 0.15) is 32.3 Å². The number of rotatable bonds is 10. The molecule has 2 rings (SSSR count). The van der Waals surface area contributed by atoms with E-state index in [0.717, 1.165) is 12.8 Å². The molecule has 1 atom stereocenters. The molecule has 0 amide bonds. The van der Waals surface area contributed by atoms with Crippen molar-refractivity contribution in [2.24, 2.45) is 0 Å². The molecule has 27 heavy (non-hydrogen) atoms. The SMILES string of the molecule is CCCCOC(C)O/C(=C(/O[N+](=O)[O-])n1ccnc1)c1ccc(Cl)cc1Cl. The molecule has 0 aliphatic rings. The maximum Gasteiger partial charge on any atom is 0.301 e. The molecule has 1 unspecified atom stereocenters. The minimum atomic E-state index is -0.939. The Labute approximate surface area is 166 Å². The van der Waals surface area contributed by atoms with Gasteiger partial charge in [0.1, 0.15) is 6.33 Å². The van der Waals surface area contributed by atoms with E-state index in [1.54, 1.807) is 19.1 Å². The van der Waals surface area contributed by atoms with Crippen LogP contribution in [0.25, 0.3) is 11.6 Å². The lowest BCUT2D eigenvalue weighted by Crippen LogP contribution is -2.17. The minimum absolute atomic E-state index is 0.0235. The van der Waals surface area contributed by atoms with Crippen LogP contribution in [0.4, 0.5) is 0 Å². The van der Waals surface area contributed by atoms with Crippen LogP contribution < -0.4 is 0 Å². The van der Waals surface area contributed by atoms with Gasteiger partial charge >= 0.3 is 5.09 Å². The van der Waals surface area contributed by atoms with Crippen molar-refractivity contribution >= 4 is 34.8 Å². The van der Waals surface area contributed by atoms with Gasteiger partial charge in [0.05, 0.1) is 11.6 Å². The summed E-state index contributed by atoms with van der Waals surface area (Å²) in [6.45, 7) is 4.20. The summed E-state index contributed by atoms with van der Waals surface area (Å²) >= 11 is 12.2. The van der Waals surface area contributed by atoms with E-state index in [-0.39, 0.29) is 16.7 Å². The lowest BCUT2D eigenvalue weighted by molar-refractivity contribution is -0.732. The van der Waals surface area contributed by atoms with Crippen LogP contribution >= 0.6 is 23.2 Å². The van der Waals surface area contributed by atoms with Gasteiger partial charge in [-0.3, -0.25) is 9.40 Å². The number of imidazole rings is 1. The summed E-state index contributed by atoms with van der Waals surface area (Å²) in [6, 6.07) is 4.67. The number of halogens is 2. The maximum atomic E-state index is 11.1. The van der Waals surface area contributed by atoms with E-state index in [0.29, 0.717) is 17.2 Å². The zero-order valence-electron chi connectivity index (χ0n) is 14.8. The number of benzene rings is 1. The highest BCUT2D eigenvalue weighted by Crippen LogP contribution is 2.33. The van der Waals surface area contributed by atoms with Gasteiger partial charge in [0.15, 0.2) is 12.0 Å². The number of hydrogen-bond acceptors (Lipinski definition) is 6. The van der Waals surface area contributed by atoms with Crippen molar-refractivity contribution in [2.45, 2.75) is 33.0 Å². The lowest BCUT2D eigenvalue weighted by atomic mass is 10.2. The quantitative estimate of drug-likeness (QED) is 0.181. The lowest BCUT2D eigenvalue weighted by Gasteiger charge is -2.21. The van der Waals surface area contributed by atoms with Gasteiger partial charge in [0.25, 0.3) is 0 Å². The molecule has 8 nitrogen and oxygen atoms in total. The molecule has 0 radical (unpaired) electrons. The van der Waals surface area contributed by atoms with E-state index in [1.807, 2.05) is 6.92 Å². The monoisotopic (exact) mass is 415 g/mol. The van der Waals surface area contributed by atoms with Gasteiger partial charge in [0, 0.05) is 23.0 Å². The second-order valence-electron chi connectivity index (χ2n) is 5.45. The van der Waals surface area contributed by atoms with E-state index in [2.05, 4.69) is 4.98 Å². The Morgan fingerprint density at radius 1 is 1.41 bits per heavy atom. The first-order chi connectivity index (χ1) is 12.9. The van der Waals surface area contributed by atoms with Gasteiger partial charge in [-0.15, -0.1) is 10.1 Å². The topological polar surface area (TPSA) is 88.6 Å². The standard InChI is InChI=1S/C17H19Cl2N3O5/c1-3-4-9-25-12(2)26-16(14-6-5-13(18)10-15(14)19)17(27-22(23)24)21-8-7-20-11-21/h5-8,10-12H,3-4,9H2,1-2H3/b17-16+. The molecule has 0 spiro atoms. The fourth-order valence-electron chi connectivity index (χ4n) is 2.15. The van der Waals surface area contributed by atoms with Gasteiger partial charge in [-0.1, -0.05) is 36.5 Å². The molecule has 10 heteroatoms. The van der Waals surface area contributed by atoms with E-state index in [9.17, 15) is 10.1 Å². The summed E-state index contributed by atoms with van der Waals surface area (Å²) in [5.41, 5.74) is 0.359. The van der Waals surface area contributed by atoms with E-state index < -0.39 is 11.4 Å². The number of unbranched alkanes of at least 4 members (excludes halogenated alkanes) is 1. The van der Waals surface area contributed by atoms with Crippen molar-refractivity contribution in [2.75, 3.05) is 6.61 Å². The predicted octanol–water partition coefficient (Wildman–Crippen LogP) is 4.86. The highest BCUT2D eigenvalue weighted by atomic mass is 35.5. The van der Waals surface area contributed by atoms with Crippen molar-refractivity contribution in [1.82, 2.24) is 9.55 Å². The molecule has 2 aromatic rings. The Hall–Kier alpha value is -2.29. The van der Waals surface area contributed by atoms with Gasteiger partial charge < -0.3 is 9.47 Å². The van der Waals surface area contributed by atoms with Crippen molar-refractivity contribution in [1.29, 1.82) is 0 Å². The maximum absolute atomic E-state index is 11.1. The second-order valence-corrected chi connectivity index (χ2v) is 6.30. The van der Waals surface area contributed by atoms with Crippen LogP contribution in [0.15, 0.2) is 36.9 Å². The van der Waals surface area contributed by atoms with Crippen LogP contribution in [0, 0.1) is 10.1 Å². The Morgan fingerprint density at radius 2 is 2.19 bits per heavy atom. The molecule has 0 saturated heterocycles. The highest BCUT2D eigenvalue weighted by molar-refractivity contribution is 6.35. The molecular weight excluding hydrogens is 397 g/mol. The van der Waals surface area contributed by atoms with Gasteiger partial charge in [-0.05, 0) is 31.5 Å². The smallest absolute Gasteiger partial charge is 0.301 e. The van der Waals surface area contributed by atoms with Crippen molar-refractivity contribution < 1.29 is 19.4 Å². The first kappa shape index (κ1) is 21.0. The average Bonchev–Trinajstić information content (AvgIpc) is 3.13. The third-order valence-corrected chi connectivity index (χ3v) is 3.95. The minimum Gasteiger partial charge on any atom is -0.461 e. The molecule has 146 valence electrons. The number of nitrogens with zero attached hydrogens (tertiary/aromatic N) is 3. The van der Waals surface area contributed by atoms with Crippen LogP contribution in [-0.4, -0.2) is 27.5 Å². The highest BCUT2D eigenvalue weighted by Gasteiger charge is 2.22. The third-order valence-electron chi connectivity index (χ3n) is 3.40. The normalized spacial score (nSPS) is 13.0. The summed E-state index contributed by atoms with van der Waals surface area (Å²) in [5.74, 6) is -0.192. The Kier molecular flexibility index (Phi) is 7.90. The van der Waals surface area contributed by atoms with Crippen LogP contribution in [0.3, 0.4) is 0 Å². The van der Waals surface area contributed by atoms with Gasteiger partial charge in [0.2, 0.25) is 5.88 Å². The Bertz CT molecular complexity index is 796. The number of ether oxygens (including phenoxy) is 2. The van der Waals surface area contributed by atoms with Crippen LogP contribution in [-0.2, 0) is 14.3 Å². The van der Waals surface area contributed by atoms with Crippen LogP contribution in [0.2, 0.25) is 10.0 Å². The molecule has 0 aliphatic heterocycles. The van der Waals surface area contributed by atoms with E-state index in [4.69, 9.17) is 37.5 Å². The van der Waals surface area contributed by atoms with Crippen molar-refractivity contribution in [3.63, 3.8) is 0 Å². The Morgan fingerprint density at radius 3 is 2.78 bits per heavy atom. The molecule has 0 fully saturated rings. The van der Waals surface area contributed by atoms with Crippen LogP contribution in [0.5, 0.6) is 0 Å². The number of aromatic nitrogens is 2. The molecule has 0 saturated carbocycles. The Balaban J connectivity index is 2.50. The molecule has 0 N–H and O–H groups in total. The molecule has 1 heterocycles. The van der Waals surface area contributed by atoms with Crippen molar-refractivity contribution in [3.8, 4) is 0 Å².